The lowest BCUT2D eigenvalue weighted by Gasteiger charge is -2.17. The van der Waals surface area contributed by atoms with Gasteiger partial charge in [-0.3, -0.25) is 9.59 Å². The van der Waals surface area contributed by atoms with Gasteiger partial charge in [0.15, 0.2) is 0 Å². The Morgan fingerprint density at radius 1 is 1.07 bits per heavy atom. The van der Waals surface area contributed by atoms with Crippen LogP contribution >= 0.6 is 11.3 Å². The Morgan fingerprint density at radius 2 is 1.81 bits per heavy atom. The number of carbonyl (C=O) groups is 1. The van der Waals surface area contributed by atoms with E-state index in [1.807, 2.05) is 37.4 Å². The number of aryl methyl sites for hydroxylation is 1. The molecule has 3 aromatic heterocycles. The third-order valence-corrected chi connectivity index (χ3v) is 5.72. The summed E-state index contributed by atoms with van der Waals surface area (Å²) in [7, 11) is 0. The van der Waals surface area contributed by atoms with Gasteiger partial charge >= 0.3 is 0 Å². The summed E-state index contributed by atoms with van der Waals surface area (Å²) in [6.45, 7) is 8.44. The van der Waals surface area contributed by atoms with Gasteiger partial charge < -0.3 is 15.3 Å². The predicted molar refractivity (Wildman–Crippen MR) is 112 cm³/mol. The minimum atomic E-state index is -0.411. The molecule has 0 radical (unpaired) electrons. The van der Waals surface area contributed by atoms with Gasteiger partial charge in [0.25, 0.3) is 5.91 Å². The van der Waals surface area contributed by atoms with Crippen molar-refractivity contribution in [3.63, 3.8) is 0 Å². The van der Waals surface area contributed by atoms with E-state index < -0.39 is 5.91 Å². The molecule has 0 aliphatic carbocycles. The van der Waals surface area contributed by atoms with Crippen LogP contribution in [0.1, 0.15) is 41.6 Å². The van der Waals surface area contributed by atoms with Crippen LogP contribution in [-0.2, 0) is 5.41 Å². The molecule has 3 N–H and O–H groups in total. The third-order valence-electron chi connectivity index (χ3n) is 4.67. The first-order valence-electron chi connectivity index (χ1n) is 8.79. The molecule has 5 nitrogen and oxygen atoms in total. The summed E-state index contributed by atoms with van der Waals surface area (Å²) in [6.07, 6.45) is 3.49. The molecule has 0 fully saturated rings. The summed E-state index contributed by atoms with van der Waals surface area (Å²) in [5.41, 5.74) is 3.51. The maximum Gasteiger partial charge on any atom is 0.261 e. The number of fused-ring (bicyclic) bond motifs is 2. The van der Waals surface area contributed by atoms with Crippen molar-refractivity contribution >= 4 is 44.1 Å². The minimum absolute atomic E-state index is 0.0323. The molecule has 0 atom stereocenters. The quantitative estimate of drug-likeness (QED) is 0.462. The zero-order chi connectivity index (χ0) is 19.3. The maximum absolute atomic E-state index is 12.6. The number of thiophene rings is 1. The van der Waals surface area contributed by atoms with E-state index in [2.05, 4.69) is 36.1 Å². The molecular weight excluding hydrogens is 358 g/mol. The van der Waals surface area contributed by atoms with Gasteiger partial charge in [-0.15, -0.1) is 11.3 Å². The Kier molecular flexibility index (Phi) is 3.96. The molecule has 4 aromatic rings. The van der Waals surface area contributed by atoms with Crippen molar-refractivity contribution in [2.24, 2.45) is 0 Å². The van der Waals surface area contributed by atoms with Gasteiger partial charge in [0.2, 0.25) is 5.43 Å². The first-order chi connectivity index (χ1) is 12.7. The Morgan fingerprint density at radius 3 is 2.56 bits per heavy atom. The molecule has 0 aliphatic heterocycles. The van der Waals surface area contributed by atoms with E-state index in [-0.39, 0.29) is 16.4 Å². The third kappa shape index (κ3) is 3.06. The zero-order valence-corrected chi connectivity index (χ0v) is 16.5. The molecule has 27 heavy (non-hydrogen) atoms. The van der Waals surface area contributed by atoms with Crippen LogP contribution in [0.15, 0.2) is 41.5 Å². The number of amides is 1. The number of hydrogen-bond acceptors (Lipinski definition) is 3. The minimum Gasteiger partial charge on any atom is -0.361 e. The summed E-state index contributed by atoms with van der Waals surface area (Å²) in [6, 6.07) is 7.67. The summed E-state index contributed by atoms with van der Waals surface area (Å²) in [5.74, 6) is -0.411. The lowest BCUT2D eigenvalue weighted by molar-refractivity contribution is 0.102. The summed E-state index contributed by atoms with van der Waals surface area (Å²) >= 11 is 1.39. The summed E-state index contributed by atoms with van der Waals surface area (Å²) < 4.78 is 0.579. The molecule has 0 spiro atoms. The number of hydrogen-bond donors (Lipinski definition) is 3. The van der Waals surface area contributed by atoms with Crippen molar-refractivity contribution in [3.8, 4) is 0 Å². The van der Waals surface area contributed by atoms with E-state index in [0.29, 0.717) is 10.4 Å². The van der Waals surface area contributed by atoms with Gasteiger partial charge in [-0.25, -0.2) is 0 Å². The molecule has 1 amide bonds. The van der Waals surface area contributed by atoms with Crippen LogP contribution in [0.4, 0.5) is 5.69 Å². The van der Waals surface area contributed by atoms with Gasteiger partial charge in [-0.1, -0.05) is 26.8 Å². The van der Waals surface area contributed by atoms with Crippen molar-refractivity contribution in [1.29, 1.82) is 0 Å². The molecular formula is C21H21N3O2S. The largest absolute Gasteiger partial charge is 0.361 e. The lowest BCUT2D eigenvalue weighted by Crippen LogP contribution is -2.21. The predicted octanol–water partition coefficient (Wildman–Crippen LogP) is 4.93. The van der Waals surface area contributed by atoms with Crippen LogP contribution in [0.25, 0.3) is 21.1 Å². The fraction of sp³-hybridized carbons (Fsp3) is 0.238. The monoisotopic (exact) mass is 379 g/mol. The Balaban J connectivity index is 1.67. The highest BCUT2D eigenvalue weighted by atomic mass is 32.1. The van der Waals surface area contributed by atoms with Crippen LogP contribution in [-0.4, -0.2) is 15.9 Å². The van der Waals surface area contributed by atoms with Crippen molar-refractivity contribution in [2.45, 2.75) is 33.1 Å². The standard InChI is InChI=1S/C21H21N3O2S/c1-11-7-17-19(27-11)18(25)14(9-22-17)20(26)24-12-5-6-13-15(21(2,3)4)10-23-16(13)8-12/h5-10,23H,1-4H3,(H,22,25)(H,24,26). The summed E-state index contributed by atoms with van der Waals surface area (Å²) in [4.78, 5) is 32.6. The van der Waals surface area contributed by atoms with Gasteiger partial charge in [0.1, 0.15) is 5.56 Å². The highest BCUT2D eigenvalue weighted by molar-refractivity contribution is 7.18. The first kappa shape index (κ1) is 17.5. The lowest BCUT2D eigenvalue weighted by atomic mass is 9.87. The molecule has 0 saturated carbocycles. The van der Waals surface area contributed by atoms with Gasteiger partial charge in [0, 0.05) is 33.9 Å². The Labute approximate surface area is 160 Å². The van der Waals surface area contributed by atoms with Crippen molar-refractivity contribution in [3.05, 3.63) is 62.9 Å². The average Bonchev–Trinajstić information content (AvgIpc) is 3.17. The second-order valence-corrected chi connectivity index (χ2v) is 9.05. The Hall–Kier alpha value is -2.86. The molecule has 138 valence electrons. The molecule has 3 heterocycles. The number of benzene rings is 1. The van der Waals surface area contributed by atoms with Crippen molar-refractivity contribution < 1.29 is 4.79 Å². The second kappa shape index (κ2) is 6.09. The van der Waals surface area contributed by atoms with Gasteiger partial charge in [-0.05, 0) is 36.1 Å². The van der Waals surface area contributed by atoms with E-state index in [1.54, 1.807) is 0 Å². The van der Waals surface area contributed by atoms with Crippen LogP contribution < -0.4 is 10.7 Å². The number of carbonyl (C=O) groups excluding carboxylic acids is 1. The molecule has 0 aliphatic rings. The van der Waals surface area contributed by atoms with E-state index in [1.165, 1.54) is 23.1 Å². The number of nitrogens with one attached hydrogen (secondary N) is 3. The van der Waals surface area contributed by atoms with E-state index in [9.17, 15) is 9.59 Å². The van der Waals surface area contributed by atoms with E-state index in [4.69, 9.17) is 0 Å². The number of aromatic amines is 2. The molecule has 0 unspecified atom stereocenters. The highest BCUT2D eigenvalue weighted by Crippen LogP contribution is 2.31. The maximum atomic E-state index is 12.6. The Bertz CT molecular complexity index is 1240. The zero-order valence-electron chi connectivity index (χ0n) is 15.7. The van der Waals surface area contributed by atoms with E-state index in [0.717, 1.165) is 21.3 Å². The first-order valence-corrected chi connectivity index (χ1v) is 9.60. The van der Waals surface area contributed by atoms with E-state index >= 15 is 0 Å². The van der Waals surface area contributed by atoms with Crippen molar-refractivity contribution in [1.82, 2.24) is 9.97 Å². The van der Waals surface area contributed by atoms with Gasteiger partial charge in [0.05, 0.1) is 10.2 Å². The number of rotatable bonds is 2. The number of aromatic nitrogens is 2. The summed E-state index contributed by atoms with van der Waals surface area (Å²) in [5, 5.41) is 3.97. The molecule has 0 bridgehead atoms. The molecule has 1 aromatic carbocycles. The smallest absolute Gasteiger partial charge is 0.261 e. The SMILES string of the molecule is Cc1cc2[nH]cc(C(=O)Nc3ccc4c(C(C)(C)C)c[nH]c4c3)c(=O)c2s1. The highest BCUT2D eigenvalue weighted by Gasteiger charge is 2.19. The van der Waals surface area contributed by atoms with Crippen LogP contribution in [0.2, 0.25) is 0 Å². The average molecular weight is 379 g/mol. The van der Waals surface area contributed by atoms with Crippen LogP contribution in [0.3, 0.4) is 0 Å². The fourth-order valence-electron chi connectivity index (χ4n) is 3.32. The molecule has 4 rings (SSSR count). The molecule has 6 heteroatoms. The topological polar surface area (TPSA) is 77.8 Å². The van der Waals surface area contributed by atoms with Crippen LogP contribution in [0, 0.1) is 6.92 Å². The van der Waals surface area contributed by atoms with Crippen LogP contribution in [0.5, 0.6) is 0 Å². The number of H-pyrrole nitrogens is 2. The number of pyridine rings is 1. The van der Waals surface area contributed by atoms with Gasteiger partial charge in [-0.2, -0.15) is 0 Å². The van der Waals surface area contributed by atoms with Crippen molar-refractivity contribution in [2.75, 3.05) is 5.32 Å². The molecule has 0 saturated heterocycles. The second-order valence-electron chi connectivity index (χ2n) is 7.80. The fourth-order valence-corrected chi connectivity index (χ4v) is 4.25. The normalized spacial score (nSPS) is 12.0. The number of anilines is 1.